The summed E-state index contributed by atoms with van der Waals surface area (Å²) >= 11 is 0. The lowest BCUT2D eigenvalue weighted by Crippen LogP contribution is -2.20. The van der Waals surface area contributed by atoms with Crippen LogP contribution in [0.5, 0.6) is 0 Å². The van der Waals surface area contributed by atoms with Crippen molar-refractivity contribution in [2.75, 3.05) is 14.2 Å². The van der Waals surface area contributed by atoms with Gasteiger partial charge in [-0.25, -0.2) is 0 Å². The molecule has 18 heavy (non-hydrogen) atoms. The summed E-state index contributed by atoms with van der Waals surface area (Å²) in [7, 11) is 3.82. The lowest BCUT2D eigenvalue weighted by atomic mass is 9.93. The maximum Gasteiger partial charge on any atom is 0.0543 e. The Bertz CT molecular complexity index is 387. The maximum absolute atomic E-state index is 5.33. The second-order valence-electron chi connectivity index (χ2n) is 5.26. The van der Waals surface area contributed by atoms with Crippen LogP contribution < -0.4 is 5.32 Å². The van der Waals surface area contributed by atoms with Gasteiger partial charge in [0.25, 0.3) is 0 Å². The van der Waals surface area contributed by atoms with Crippen molar-refractivity contribution in [3.05, 3.63) is 34.4 Å². The molecule has 0 aliphatic rings. The zero-order valence-corrected chi connectivity index (χ0v) is 12.6. The first-order valence-electron chi connectivity index (χ1n) is 6.77. The van der Waals surface area contributed by atoms with E-state index in [1.54, 1.807) is 7.11 Å². The Morgan fingerprint density at radius 1 is 1.06 bits per heavy atom. The average molecular weight is 249 g/mol. The van der Waals surface area contributed by atoms with Crippen molar-refractivity contribution in [3.63, 3.8) is 0 Å². The van der Waals surface area contributed by atoms with E-state index in [9.17, 15) is 0 Å². The van der Waals surface area contributed by atoms with Crippen LogP contribution in [-0.4, -0.2) is 20.3 Å². The number of nitrogens with one attached hydrogen (secondary N) is 1. The maximum atomic E-state index is 5.33. The zero-order valence-electron chi connectivity index (χ0n) is 12.6. The highest BCUT2D eigenvalue weighted by molar-refractivity contribution is 5.38. The lowest BCUT2D eigenvalue weighted by molar-refractivity contribution is 0.106. The Hall–Kier alpha value is -0.860. The summed E-state index contributed by atoms with van der Waals surface area (Å²) in [6.07, 6.45) is 2.51. The minimum atomic E-state index is 0.327. The van der Waals surface area contributed by atoms with Crippen molar-refractivity contribution >= 4 is 0 Å². The van der Waals surface area contributed by atoms with Gasteiger partial charge in [-0.3, -0.25) is 0 Å². The molecule has 0 amide bonds. The molecule has 2 unspecified atom stereocenters. The number of methoxy groups -OCH3 is 1. The first-order valence-corrected chi connectivity index (χ1v) is 6.77. The van der Waals surface area contributed by atoms with E-state index in [1.807, 2.05) is 7.05 Å². The minimum absolute atomic E-state index is 0.327. The molecule has 0 heterocycles. The van der Waals surface area contributed by atoms with Gasteiger partial charge < -0.3 is 10.1 Å². The Balaban J connectivity index is 2.85. The minimum Gasteiger partial charge on any atom is -0.382 e. The van der Waals surface area contributed by atoms with Crippen molar-refractivity contribution in [1.29, 1.82) is 0 Å². The van der Waals surface area contributed by atoms with Crippen LogP contribution in [0.4, 0.5) is 0 Å². The third-order valence-corrected chi connectivity index (χ3v) is 3.87. The second kappa shape index (κ2) is 6.91. The van der Waals surface area contributed by atoms with Crippen molar-refractivity contribution in [1.82, 2.24) is 5.32 Å². The van der Waals surface area contributed by atoms with Crippen LogP contribution >= 0.6 is 0 Å². The highest BCUT2D eigenvalue weighted by Gasteiger charge is 2.14. The quantitative estimate of drug-likeness (QED) is 0.830. The van der Waals surface area contributed by atoms with E-state index in [4.69, 9.17) is 4.74 Å². The molecule has 1 aromatic rings. The Morgan fingerprint density at radius 2 is 1.67 bits per heavy atom. The van der Waals surface area contributed by atoms with Crippen LogP contribution in [0, 0.1) is 20.8 Å². The molecular weight excluding hydrogens is 222 g/mol. The first kappa shape index (κ1) is 15.2. The van der Waals surface area contributed by atoms with Crippen molar-refractivity contribution < 1.29 is 4.74 Å². The van der Waals surface area contributed by atoms with Gasteiger partial charge in [0.1, 0.15) is 0 Å². The summed E-state index contributed by atoms with van der Waals surface area (Å²) in [6.45, 7) is 8.68. The van der Waals surface area contributed by atoms with Crippen LogP contribution in [0.3, 0.4) is 0 Å². The molecule has 1 N–H and O–H groups in total. The molecule has 102 valence electrons. The van der Waals surface area contributed by atoms with Gasteiger partial charge in [-0.2, -0.15) is 0 Å². The number of rotatable bonds is 6. The summed E-state index contributed by atoms with van der Waals surface area (Å²) in [5.41, 5.74) is 5.54. The predicted octanol–water partition coefficient (Wildman–Crippen LogP) is 3.69. The van der Waals surface area contributed by atoms with Crippen LogP contribution in [0.2, 0.25) is 0 Å². The van der Waals surface area contributed by atoms with E-state index < -0.39 is 0 Å². The molecule has 2 atom stereocenters. The third-order valence-electron chi connectivity index (χ3n) is 3.87. The fourth-order valence-corrected chi connectivity index (χ4v) is 2.33. The van der Waals surface area contributed by atoms with Crippen molar-refractivity contribution in [2.45, 2.75) is 52.7 Å². The predicted molar refractivity (Wildman–Crippen MR) is 78.2 cm³/mol. The third kappa shape index (κ3) is 3.82. The SMILES string of the molecule is CNC(CCC(C)OC)c1cc(C)c(C)cc1C. The van der Waals surface area contributed by atoms with Gasteiger partial charge in [-0.1, -0.05) is 12.1 Å². The molecule has 0 bridgehead atoms. The number of hydrogen-bond donors (Lipinski definition) is 1. The number of ether oxygens (including phenoxy) is 1. The van der Waals surface area contributed by atoms with E-state index in [0.29, 0.717) is 12.1 Å². The van der Waals surface area contributed by atoms with E-state index >= 15 is 0 Å². The number of hydrogen-bond acceptors (Lipinski definition) is 2. The largest absolute Gasteiger partial charge is 0.382 e. The van der Waals surface area contributed by atoms with Gasteiger partial charge in [0.2, 0.25) is 0 Å². The fraction of sp³-hybridized carbons (Fsp3) is 0.625. The van der Waals surface area contributed by atoms with Gasteiger partial charge in [0.15, 0.2) is 0 Å². The molecule has 0 saturated carbocycles. The lowest BCUT2D eigenvalue weighted by Gasteiger charge is -2.21. The molecule has 0 fully saturated rings. The smallest absolute Gasteiger partial charge is 0.0543 e. The monoisotopic (exact) mass is 249 g/mol. The highest BCUT2D eigenvalue weighted by atomic mass is 16.5. The molecule has 0 aromatic heterocycles. The van der Waals surface area contributed by atoms with Crippen molar-refractivity contribution in [3.8, 4) is 0 Å². The standard InChI is InChI=1S/C16H27NO/c1-11-9-13(3)15(10-12(11)2)16(17-5)8-7-14(4)18-6/h9-10,14,16-17H,7-8H2,1-6H3. The molecule has 2 nitrogen and oxygen atoms in total. The molecule has 2 heteroatoms. The molecule has 1 aromatic carbocycles. The van der Waals surface area contributed by atoms with Crippen molar-refractivity contribution in [2.24, 2.45) is 0 Å². The van der Waals surface area contributed by atoms with E-state index in [2.05, 4.69) is 45.1 Å². The van der Waals surface area contributed by atoms with Gasteiger partial charge in [0.05, 0.1) is 6.10 Å². The number of aryl methyl sites for hydroxylation is 3. The van der Waals surface area contributed by atoms with Gasteiger partial charge >= 0.3 is 0 Å². The summed E-state index contributed by atoms with van der Waals surface area (Å²) in [5.74, 6) is 0. The Labute approximate surface area is 112 Å². The fourth-order valence-electron chi connectivity index (χ4n) is 2.33. The second-order valence-corrected chi connectivity index (χ2v) is 5.26. The number of benzene rings is 1. The molecule has 0 saturated heterocycles. The van der Waals surface area contributed by atoms with Crippen LogP contribution in [-0.2, 0) is 4.74 Å². The summed E-state index contributed by atoms with van der Waals surface area (Å²) < 4.78 is 5.33. The summed E-state index contributed by atoms with van der Waals surface area (Å²) in [4.78, 5) is 0. The molecule has 0 spiro atoms. The highest BCUT2D eigenvalue weighted by Crippen LogP contribution is 2.25. The van der Waals surface area contributed by atoms with Gasteiger partial charge in [0, 0.05) is 13.2 Å². The first-order chi connectivity index (χ1) is 8.49. The normalized spacial score (nSPS) is 14.6. The van der Waals surface area contributed by atoms with Gasteiger partial charge in [-0.05, 0) is 69.8 Å². The summed E-state index contributed by atoms with van der Waals surface area (Å²) in [6, 6.07) is 5.03. The summed E-state index contributed by atoms with van der Waals surface area (Å²) in [5, 5.41) is 3.43. The van der Waals surface area contributed by atoms with E-state index in [0.717, 1.165) is 12.8 Å². The Kier molecular flexibility index (Phi) is 5.83. The van der Waals surface area contributed by atoms with E-state index in [-0.39, 0.29) is 0 Å². The molecule has 0 aliphatic carbocycles. The zero-order chi connectivity index (χ0) is 13.7. The topological polar surface area (TPSA) is 21.3 Å². The Morgan fingerprint density at radius 3 is 2.22 bits per heavy atom. The van der Waals surface area contributed by atoms with E-state index in [1.165, 1.54) is 22.3 Å². The van der Waals surface area contributed by atoms with Crippen LogP contribution in [0.15, 0.2) is 12.1 Å². The molecule has 0 radical (unpaired) electrons. The molecular formula is C16H27NO. The molecule has 0 aliphatic heterocycles. The van der Waals surface area contributed by atoms with Crippen LogP contribution in [0.1, 0.15) is 48.1 Å². The van der Waals surface area contributed by atoms with Gasteiger partial charge in [-0.15, -0.1) is 0 Å². The van der Waals surface area contributed by atoms with Crippen LogP contribution in [0.25, 0.3) is 0 Å². The average Bonchev–Trinajstić information content (AvgIpc) is 2.35. The molecule has 1 rings (SSSR count).